The van der Waals surface area contributed by atoms with E-state index in [1.54, 1.807) is 11.8 Å². The maximum Gasteiger partial charge on any atom is 0.328 e. The monoisotopic (exact) mass is 360 g/mol. The van der Waals surface area contributed by atoms with E-state index in [0.717, 1.165) is 18.6 Å². The molecule has 0 bridgehead atoms. The quantitative estimate of drug-likeness (QED) is 0.411. The van der Waals surface area contributed by atoms with Gasteiger partial charge in [-0.05, 0) is 37.2 Å². The van der Waals surface area contributed by atoms with Gasteiger partial charge < -0.3 is 15.4 Å². The predicted molar refractivity (Wildman–Crippen MR) is 97.9 cm³/mol. The maximum atomic E-state index is 12.5. The molecule has 6 nitrogen and oxygen atoms in total. The number of hydrogen-bond donors (Lipinski definition) is 2. The van der Waals surface area contributed by atoms with Crippen molar-refractivity contribution in [2.45, 2.75) is 65.5 Å². The topological polar surface area (TPSA) is 84.5 Å². The lowest BCUT2D eigenvalue weighted by atomic mass is 10.0. The van der Waals surface area contributed by atoms with Crippen molar-refractivity contribution in [3.8, 4) is 0 Å². The molecule has 2 N–H and O–H groups in total. The molecule has 24 heavy (non-hydrogen) atoms. The van der Waals surface area contributed by atoms with Crippen LogP contribution in [-0.2, 0) is 19.1 Å². The zero-order valence-electron chi connectivity index (χ0n) is 15.5. The Bertz CT molecular complexity index is 402. The maximum absolute atomic E-state index is 12.5. The van der Waals surface area contributed by atoms with E-state index in [2.05, 4.69) is 10.6 Å². The summed E-state index contributed by atoms with van der Waals surface area (Å²) < 4.78 is 5.23. The average Bonchev–Trinajstić information content (AvgIpc) is 2.49. The minimum absolute atomic E-state index is 0.244. The number of amides is 2. The summed E-state index contributed by atoms with van der Waals surface area (Å²) in [5.41, 5.74) is 0. The van der Waals surface area contributed by atoms with E-state index in [1.165, 1.54) is 6.92 Å². The van der Waals surface area contributed by atoms with Crippen molar-refractivity contribution in [1.29, 1.82) is 0 Å². The molecule has 0 rings (SSSR count). The van der Waals surface area contributed by atoms with E-state index in [9.17, 15) is 14.4 Å². The molecule has 0 fully saturated rings. The summed E-state index contributed by atoms with van der Waals surface area (Å²) in [6.07, 6.45) is 4.71. The van der Waals surface area contributed by atoms with Crippen molar-refractivity contribution in [2.24, 2.45) is 5.92 Å². The van der Waals surface area contributed by atoms with E-state index in [1.807, 2.05) is 27.0 Å². The van der Waals surface area contributed by atoms with Crippen molar-refractivity contribution < 1.29 is 19.1 Å². The van der Waals surface area contributed by atoms with Crippen LogP contribution < -0.4 is 10.6 Å². The highest BCUT2D eigenvalue weighted by atomic mass is 32.2. The Morgan fingerprint density at radius 3 is 2.29 bits per heavy atom. The van der Waals surface area contributed by atoms with Gasteiger partial charge in [-0.15, -0.1) is 0 Å². The van der Waals surface area contributed by atoms with E-state index < -0.39 is 18.1 Å². The SMILES string of the molecule is CCCCOC(=O)[C@H](CCSC)NC(=O)[C@H](CC(C)C)NC(C)=O. The molecule has 0 aliphatic heterocycles. The molecular formula is C17H32N2O4S. The van der Waals surface area contributed by atoms with E-state index in [4.69, 9.17) is 4.74 Å². The Kier molecular flexibility index (Phi) is 12.4. The van der Waals surface area contributed by atoms with Gasteiger partial charge in [0, 0.05) is 6.92 Å². The first kappa shape index (κ1) is 22.8. The Balaban J connectivity index is 4.83. The number of thioether (sulfide) groups is 1. The van der Waals surface area contributed by atoms with Gasteiger partial charge in [-0.25, -0.2) is 4.79 Å². The van der Waals surface area contributed by atoms with Gasteiger partial charge in [-0.1, -0.05) is 27.2 Å². The number of ether oxygens (including phenoxy) is 1. The predicted octanol–water partition coefficient (Wildman–Crippen LogP) is 2.12. The summed E-state index contributed by atoms with van der Waals surface area (Å²) in [6.45, 7) is 7.72. The lowest BCUT2D eigenvalue weighted by Crippen LogP contribution is -2.52. The van der Waals surface area contributed by atoms with Crippen LogP contribution in [-0.4, -0.2) is 48.5 Å². The summed E-state index contributed by atoms with van der Waals surface area (Å²) in [4.78, 5) is 36.0. The minimum atomic E-state index is -0.676. The highest BCUT2D eigenvalue weighted by Crippen LogP contribution is 2.08. The van der Waals surface area contributed by atoms with Gasteiger partial charge in [0.05, 0.1) is 6.61 Å². The minimum Gasteiger partial charge on any atom is -0.464 e. The molecule has 0 spiro atoms. The Morgan fingerprint density at radius 1 is 1.12 bits per heavy atom. The van der Waals surface area contributed by atoms with E-state index >= 15 is 0 Å². The molecule has 2 atom stereocenters. The van der Waals surface area contributed by atoms with Crippen LogP contribution in [0.15, 0.2) is 0 Å². The Labute approximate surface area is 149 Å². The van der Waals surface area contributed by atoms with Gasteiger partial charge in [0.1, 0.15) is 12.1 Å². The highest BCUT2D eigenvalue weighted by molar-refractivity contribution is 7.98. The standard InChI is InChI=1S/C17H32N2O4S/c1-6-7-9-23-17(22)14(8-10-24-5)19-16(21)15(11-12(2)3)18-13(4)20/h12,14-15H,6-11H2,1-5H3,(H,18,20)(H,19,21)/t14-,15-/m0/s1. The number of esters is 1. The van der Waals surface area contributed by atoms with Gasteiger partial charge in [0.25, 0.3) is 0 Å². The first-order chi connectivity index (χ1) is 11.3. The van der Waals surface area contributed by atoms with Gasteiger partial charge in [0.15, 0.2) is 0 Å². The van der Waals surface area contributed by atoms with E-state index in [-0.39, 0.29) is 17.7 Å². The molecule has 0 unspecified atom stereocenters. The lowest BCUT2D eigenvalue weighted by molar-refractivity contribution is -0.148. The number of carbonyl (C=O) groups excluding carboxylic acids is 3. The van der Waals surface area contributed by atoms with Crippen LogP contribution in [0.5, 0.6) is 0 Å². The fraction of sp³-hybridized carbons (Fsp3) is 0.824. The van der Waals surface area contributed by atoms with Crippen LogP contribution in [0.3, 0.4) is 0 Å². The largest absolute Gasteiger partial charge is 0.464 e. The number of nitrogens with one attached hydrogen (secondary N) is 2. The van der Waals surface area contributed by atoms with Crippen LogP contribution in [0.25, 0.3) is 0 Å². The molecule has 0 aromatic heterocycles. The second-order valence-corrected chi connectivity index (χ2v) is 7.23. The molecule has 0 heterocycles. The molecule has 2 amide bonds. The summed E-state index contributed by atoms with van der Waals surface area (Å²) in [5, 5.41) is 5.40. The summed E-state index contributed by atoms with van der Waals surface area (Å²) >= 11 is 1.60. The molecule has 0 aromatic carbocycles. The number of unbranched alkanes of at least 4 members (excludes halogenated alkanes) is 1. The smallest absolute Gasteiger partial charge is 0.328 e. The molecule has 0 saturated heterocycles. The lowest BCUT2D eigenvalue weighted by Gasteiger charge is -2.23. The van der Waals surface area contributed by atoms with Crippen molar-refractivity contribution in [1.82, 2.24) is 10.6 Å². The zero-order chi connectivity index (χ0) is 18.5. The van der Waals surface area contributed by atoms with Crippen LogP contribution in [0, 0.1) is 5.92 Å². The van der Waals surface area contributed by atoms with E-state index in [0.29, 0.717) is 19.4 Å². The highest BCUT2D eigenvalue weighted by Gasteiger charge is 2.27. The molecule has 0 saturated carbocycles. The number of carbonyl (C=O) groups is 3. The molecule has 0 aromatic rings. The normalized spacial score (nSPS) is 13.2. The van der Waals surface area contributed by atoms with Crippen molar-refractivity contribution in [3.05, 3.63) is 0 Å². The Hall–Kier alpha value is -1.24. The third-order valence-corrected chi connectivity index (χ3v) is 4.00. The first-order valence-corrected chi connectivity index (χ1v) is 9.94. The molecule has 0 aliphatic rings. The van der Waals surface area contributed by atoms with Crippen LogP contribution in [0.1, 0.15) is 53.4 Å². The molecule has 0 aliphatic carbocycles. The van der Waals surface area contributed by atoms with Crippen LogP contribution in [0.4, 0.5) is 0 Å². The number of hydrogen-bond acceptors (Lipinski definition) is 5. The van der Waals surface area contributed by atoms with Gasteiger partial charge in [-0.3, -0.25) is 9.59 Å². The second kappa shape index (κ2) is 13.1. The fourth-order valence-corrected chi connectivity index (χ4v) is 2.59. The molecule has 140 valence electrons. The fourth-order valence-electron chi connectivity index (χ4n) is 2.12. The molecule has 0 radical (unpaired) electrons. The average molecular weight is 361 g/mol. The van der Waals surface area contributed by atoms with Gasteiger partial charge >= 0.3 is 5.97 Å². The third kappa shape index (κ3) is 10.5. The van der Waals surface area contributed by atoms with Crippen molar-refractivity contribution in [3.63, 3.8) is 0 Å². The van der Waals surface area contributed by atoms with Crippen molar-refractivity contribution >= 4 is 29.5 Å². The van der Waals surface area contributed by atoms with Gasteiger partial charge in [-0.2, -0.15) is 11.8 Å². The first-order valence-electron chi connectivity index (χ1n) is 8.54. The number of rotatable bonds is 12. The summed E-state index contributed by atoms with van der Waals surface area (Å²) in [6, 6.07) is -1.31. The van der Waals surface area contributed by atoms with Crippen molar-refractivity contribution in [2.75, 3.05) is 18.6 Å². The third-order valence-electron chi connectivity index (χ3n) is 3.35. The summed E-state index contributed by atoms with van der Waals surface area (Å²) in [7, 11) is 0. The Morgan fingerprint density at radius 2 is 1.79 bits per heavy atom. The summed E-state index contributed by atoms with van der Waals surface area (Å²) in [5.74, 6) is -0.0202. The van der Waals surface area contributed by atoms with Crippen LogP contribution >= 0.6 is 11.8 Å². The molecular weight excluding hydrogens is 328 g/mol. The second-order valence-electron chi connectivity index (χ2n) is 6.25. The molecule has 7 heteroatoms. The zero-order valence-corrected chi connectivity index (χ0v) is 16.3. The van der Waals surface area contributed by atoms with Gasteiger partial charge in [0.2, 0.25) is 11.8 Å². The van der Waals surface area contributed by atoms with Crippen LogP contribution in [0.2, 0.25) is 0 Å².